The first-order valence-electron chi connectivity index (χ1n) is 11.1. The Morgan fingerprint density at radius 1 is 1.40 bits per heavy atom. The van der Waals surface area contributed by atoms with E-state index < -0.39 is 0 Å². The molecule has 9 nitrogen and oxygen atoms in total. The molecular weight excluding hydrogens is 382 g/mol. The van der Waals surface area contributed by atoms with Crippen molar-refractivity contribution in [3.05, 3.63) is 11.6 Å². The minimum absolute atomic E-state index is 0.0134. The maximum atomic E-state index is 12.0. The number of aryl methyl sites for hydroxylation is 1. The van der Waals surface area contributed by atoms with Gasteiger partial charge in [0, 0.05) is 40.2 Å². The van der Waals surface area contributed by atoms with Gasteiger partial charge in [-0.05, 0) is 18.8 Å². The van der Waals surface area contributed by atoms with Crippen LogP contribution < -0.4 is 10.6 Å². The highest BCUT2D eigenvalue weighted by atomic mass is 16.5. The molecule has 0 radical (unpaired) electrons. The Morgan fingerprint density at radius 3 is 2.87 bits per heavy atom. The second-order valence-corrected chi connectivity index (χ2v) is 8.19. The maximum absolute atomic E-state index is 12.0. The van der Waals surface area contributed by atoms with Crippen molar-refractivity contribution in [3.63, 3.8) is 0 Å². The molecule has 9 heteroatoms. The molecule has 0 spiro atoms. The van der Waals surface area contributed by atoms with Gasteiger partial charge in [0.15, 0.2) is 11.8 Å². The molecule has 1 aromatic heterocycles. The molecule has 30 heavy (non-hydrogen) atoms. The number of unbranched alkanes of at least 4 members (excludes halogenated alkanes) is 1. The molecule has 2 rings (SSSR count). The molecule has 1 amide bonds. The number of ether oxygens (including phenoxy) is 1. The third-order valence-electron chi connectivity index (χ3n) is 5.49. The molecular formula is C21H39N7O2. The van der Waals surface area contributed by atoms with E-state index in [1.165, 1.54) is 19.3 Å². The Labute approximate surface area is 180 Å². The SMILES string of the molecule is CCCCC(CC)CNC(=NCC(=O)N(C)C)NC1CCc2nc(COC)nn2C1. The van der Waals surface area contributed by atoms with Crippen molar-refractivity contribution in [3.8, 4) is 0 Å². The Balaban J connectivity index is 2.00. The van der Waals surface area contributed by atoms with Crippen LogP contribution in [0.5, 0.6) is 0 Å². The van der Waals surface area contributed by atoms with Crippen LogP contribution in [0.3, 0.4) is 0 Å². The number of fused-ring (bicyclic) bond motifs is 1. The monoisotopic (exact) mass is 421 g/mol. The van der Waals surface area contributed by atoms with Gasteiger partial charge in [-0.1, -0.05) is 33.1 Å². The Bertz CT molecular complexity index is 687. The van der Waals surface area contributed by atoms with Crippen LogP contribution in [0, 0.1) is 5.92 Å². The lowest BCUT2D eigenvalue weighted by molar-refractivity contribution is -0.127. The average molecular weight is 422 g/mol. The van der Waals surface area contributed by atoms with Gasteiger partial charge in [0.05, 0.1) is 6.54 Å². The fourth-order valence-corrected chi connectivity index (χ4v) is 3.49. The molecule has 1 aliphatic heterocycles. The smallest absolute Gasteiger partial charge is 0.243 e. The van der Waals surface area contributed by atoms with E-state index in [1.54, 1.807) is 26.1 Å². The predicted molar refractivity (Wildman–Crippen MR) is 118 cm³/mol. The lowest BCUT2D eigenvalue weighted by Crippen LogP contribution is -2.48. The molecule has 0 bridgehead atoms. The van der Waals surface area contributed by atoms with E-state index in [9.17, 15) is 4.79 Å². The third-order valence-corrected chi connectivity index (χ3v) is 5.49. The van der Waals surface area contributed by atoms with E-state index in [-0.39, 0.29) is 18.5 Å². The number of nitrogens with one attached hydrogen (secondary N) is 2. The van der Waals surface area contributed by atoms with Crippen LogP contribution in [0.4, 0.5) is 0 Å². The van der Waals surface area contributed by atoms with E-state index in [4.69, 9.17) is 4.74 Å². The largest absolute Gasteiger partial charge is 0.377 e. The molecule has 170 valence electrons. The Kier molecular flexibility index (Phi) is 10.1. The summed E-state index contributed by atoms with van der Waals surface area (Å²) in [6.07, 6.45) is 6.58. The zero-order chi connectivity index (χ0) is 21.9. The van der Waals surface area contributed by atoms with Crippen LogP contribution in [0.15, 0.2) is 4.99 Å². The number of guanidine groups is 1. The first-order valence-corrected chi connectivity index (χ1v) is 11.1. The molecule has 0 saturated carbocycles. The molecule has 1 aliphatic rings. The zero-order valence-electron chi connectivity index (χ0n) is 19.3. The summed E-state index contributed by atoms with van der Waals surface area (Å²) in [5.74, 6) is 3.01. The number of carbonyl (C=O) groups excluding carboxylic acids is 1. The standard InChI is InChI=1S/C21H39N7O2/c1-6-8-9-16(7-2)12-22-21(23-13-20(29)27(3)4)24-17-10-11-19-25-18(15-30-5)26-28(19)14-17/h16-17H,6-15H2,1-5H3,(H2,22,23,24). The fourth-order valence-electron chi connectivity index (χ4n) is 3.49. The van der Waals surface area contributed by atoms with Gasteiger partial charge in [-0.25, -0.2) is 14.7 Å². The van der Waals surface area contributed by atoms with Crippen LogP contribution >= 0.6 is 0 Å². The Hall–Kier alpha value is -2.16. The number of aliphatic imine (C=N–C) groups is 1. The highest BCUT2D eigenvalue weighted by Gasteiger charge is 2.23. The van der Waals surface area contributed by atoms with Gasteiger partial charge >= 0.3 is 0 Å². The van der Waals surface area contributed by atoms with Crippen molar-refractivity contribution in [2.45, 2.75) is 71.6 Å². The fraction of sp³-hybridized carbons (Fsp3) is 0.810. The molecule has 2 atom stereocenters. The van der Waals surface area contributed by atoms with Crippen molar-refractivity contribution < 1.29 is 9.53 Å². The topological polar surface area (TPSA) is 96.7 Å². The number of rotatable bonds is 11. The number of methoxy groups -OCH3 is 1. The summed E-state index contributed by atoms with van der Waals surface area (Å²) in [7, 11) is 5.15. The van der Waals surface area contributed by atoms with Crippen molar-refractivity contribution in [2.24, 2.45) is 10.9 Å². The number of hydrogen-bond acceptors (Lipinski definition) is 5. The van der Waals surface area contributed by atoms with E-state index in [0.717, 1.165) is 44.0 Å². The number of hydrogen-bond donors (Lipinski definition) is 2. The average Bonchev–Trinajstić information content (AvgIpc) is 3.13. The predicted octanol–water partition coefficient (Wildman–Crippen LogP) is 1.58. The summed E-state index contributed by atoms with van der Waals surface area (Å²) >= 11 is 0. The van der Waals surface area contributed by atoms with Crippen molar-refractivity contribution in [1.82, 2.24) is 30.3 Å². The van der Waals surface area contributed by atoms with E-state index in [2.05, 4.69) is 39.6 Å². The van der Waals surface area contributed by atoms with Crippen molar-refractivity contribution >= 4 is 11.9 Å². The van der Waals surface area contributed by atoms with Gasteiger partial charge in [0.1, 0.15) is 19.0 Å². The van der Waals surface area contributed by atoms with Crippen LogP contribution in [0.1, 0.15) is 57.6 Å². The zero-order valence-corrected chi connectivity index (χ0v) is 19.3. The lowest BCUT2D eigenvalue weighted by atomic mass is 9.99. The Morgan fingerprint density at radius 2 is 2.20 bits per heavy atom. The van der Waals surface area contributed by atoms with Crippen LogP contribution in [0.2, 0.25) is 0 Å². The summed E-state index contributed by atoms with van der Waals surface area (Å²) in [6.45, 7) is 6.59. The van der Waals surface area contributed by atoms with Gasteiger partial charge in [0.25, 0.3) is 0 Å². The quantitative estimate of drug-likeness (QED) is 0.416. The van der Waals surface area contributed by atoms with Gasteiger partial charge in [-0.15, -0.1) is 0 Å². The molecule has 0 fully saturated rings. The van der Waals surface area contributed by atoms with E-state index >= 15 is 0 Å². The minimum Gasteiger partial charge on any atom is -0.377 e. The van der Waals surface area contributed by atoms with Gasteiger partial charge in [-0.2, -0.15) is 5.10 Å². The molecule has 0 saturated heterocycles. The van der Waals surface area contributed by atoms with E-state index in [0.29, 0.717) is 18.5 Å². The van der Waals surface area contributed by atoms with Crippen LogP contribution in [-0.4, -0.2) is 71.9 Å². The number of nitrogens with zero attached hydrogens (tertiary/aromatic N) is 5. The normalized spacial score (nSPS) is 17.4. The second-order valence-electron chi connectivity index (χ2n) is 8.19. The highest BCUT2D eigenvalue weighted by Crippen LogP contribution is 2.14. The molecule has 0 aromatic carbocycles. The van der Waals surface area contributed by atoms with Gasteiger partial charge in [0.2, 0.25) is 5.91 Å². The third kappa shape index (κ3) is 7.59. The van der Waals surface area contributed by atoms with Gasteiger partial charge < -0.3 is 20.3 Å². The number of aromatic nitrogens is 3. The molecule has 2 unspecified atom stereocenters. The van der Waals surface area contributed by atoms with Crippen molar-refractivity contribution in [1.29, 1.82) is 0 Å². The maximum Gasteiger partial charge on any atom is 0.243 e. The first kappa shape index (κ1) is 24.1. The summed E-state index contributed by atoms with van der Waals surface area (Å²) in [5, 5.41) is 11.5. The van der Waals surface area contributed by atoms with Crippen LogP contribution in [0.25, 0.3) is 0 Å². The van der Waals surface area contributed by atoms with Crippen LogP contribution in [-0.2, 0) is 29.1 Å². The van der Waals surface area contributed by atoms with Gasteiger partial charge in [-0.3, -0.25) is 4.79 Å². The summed E-state index contributed by atoms with van der Waals surface area (Å²) in [5.41, 5.74) is 0. The number of carbonyl (C=O) groups is 1. The summed E-state index contributed by atoms with van der Waals surface area (Å²) < 4.78 is 7.10. The molecule has 1 aromatic rings. The first-order chi connectivity index (χ1) is 14.5. The summed E-state index contributed by atoms with van der Waals surface area (Å²) in [4.78, 5) is 22.7. The minimum atomic E-state index is -0.0134. The summed E-state index contributed by atoms with van der Waals surface area (Å²) in [6, 6.07) is 0.186. The van der Waals surface area contributed by atoms with E-state index in [1.807, 2.05) is 4.68 Å². The number of amides is 1. The molecule has 2 heterocycles. The second kappa shape index (κ2) is 12.5. The van der Waals surface area contributed by atoms with Crippen molar-refractivity contribution in [2.75, 3.05) is 34.3 Å². The molecule has 2 N–H and O–H groups in total. The highest BCUT2D eigenvalue weighted by molar-refractivity contribution is 5.84. The number of likely N-dealkylation sites (N-methyl/N-ethyl adjacent to an activating group) is 1. The lowest BCUT2D eigenvalue weighted by Gasteiger charge is -2.26. The molecule has 0 aliphatic carbocycles.